The van der Waals surface area contributed by atoms with Crippen LogP contribution in [0.25, 0.3) is 0 Å². The van der Waals surface area contributed by atoms with Gasteiger partial charge >= 0.3 is 0 Å². The lowest BCUT2D eigenvalue weighted by Gasteiger charge is -2.24. The number of benzene rings is 1. The molecule has 0 heterocycles. The van der Waals surface area contributed by atoms with Gasteiger partial charge in [0.1, 0.15) is 5.75 Å². The fourth-order valence-electron chi connectivity index (χ4n) is 2.03. The molecule has 1 rings (SSSR count). The third-order valence-corrected chi connectivity index (χ3v) is 3.34. The van der Waals surface area contributed by atoms with Crippen molar-refractivity contribution in [3.63, 3.8) is 0 Å². The summed E-state index contributed by atoms with van der Waals surface area (Å²) in [5.41, 5.74) is 8.86. The van der Waals surface area contributed by atoms with Gasteiger partial charge in [-0.3, -0.25) is 4.79 Å². The van der Waals surface area contributed by atoms with E-state index in [1.807, 2.05) is 27.7 Å². The summed E-state index contributed by atoms with van der Waals surface area (Å²) in [6.07, 6.45) is 0. The molecule has 1 amide bonds. The number of aryl methyl sites for hydroxylation is 3. The van der Waals surface area contributed by atoms with Crippen LogP contribution in [-0.4, -0.2) is 37.0 Å². The van der Waals surface area contributed by atoms with Gasteiger partial charge in [-0.05, 0) is 38.8 Å². The van der Waals surface area contributed by atoms with Crippen molar-refractivity contribution in [1.82, 2.24) is 4.90 Å². The maximum atomic E-state index is 12.0. The van der Waals surface area contributed by atoms with Crippen LogP contribution >= 0.6 is 0 Å². The molecule has 0 spiro atoms. The van der Waals surface area contributed by atoms with Crippen LogP contribution < -0.4 is 10.5 Å². The third kappa shape index (κ3) is 3.96. The Hall–Kier alpha value is -1.55. The van der Waals surface area contributed by atoms with Gasteiger partial charge in [-0.2, -0.15) is 0 Å². The van der Waals surface area contributed by atoms with Gasteiger partial charge < -0.3 is 15.4 Å². The number of nitrogens with zero attached hydrogens (tertiary/aromatic N) is 1. The number of nitrogens with two attached hydrogens (primary N) is 1. The molecule has 0 fully saturated rings. The average Bonchev–Trinajstić information content (AvgIpc) is 2.35. The van der Waals surface area contributed by atoms with E-state index >= 15 is 0 Å². The van der Waals surface area contributed by atoms with Crippen molar-refractivity contribution < 1.29 is 9.53 Å². The number of amides is 1. The van der Waals surface area contributed by atoms with E-state index in [1.165, 1.54) is 5.56 Å². The Labute approximate surface area is 115 Å². The van der Waals surface area contributed by atoms with E-state index < -0.39 is 0 Å². The maximum absolute atomic E-state index is 12.0. The van der Waals surface area contributed by atoms with Crippen LogP contribution in [0.5, 0.6) is 5.75 Å². The van der Waals surface area contributed by atoms with Crippen molar-refractivity contribution in [1.29, 1.82) is 0 Å². The second-order valence-corrected chi connectivity index (χ2v) is 5.11. The molecular formula is C15H24N2O2. The maximum Gasteiger partial charge on any atom is 0.260 e. The van der Waals surface area contributed by atoms with Gasteiger partial charge in [0.2, 0.25) is 0 Å². The standard InChI is InChI=1S/C15H24N2O2/c1-10-6-11(2)15(12(3)7-10)19-9-14(18)17(5)13(4)8-16/h6-7,13H,8-9,16H2,1-5H3. The van der Waals surface area contributed by atoms with Crippen LogP contribution in [0.1, 0.15) is 23.6 Å². The lowest BCUT2D eigenvalue weighted by molar-refractivity contribution is -0.133. The van der Waals surface area contributed by atoms with Crippen molar-refractivity contribution in [2.45, 2.75) is 33.7 Å². The fraction of sp³-hybridized carbons (Fsp3) is 0.533. The zero-order chi connectivity index (χ0) is 14.6. The van der Waals surface area contributed by atoms with Crippen molar-refractivity contribution in [3.05, 3.63) is 28.8 Å². The smallest absolute Gasteiger partial charge is 0.260 e. The summed E-state index contributed by atoms with van der Waals surface area (Å²) in [7, 11) is 1.75. The Kier molecular flexibility index (Phi) is 5.36. The number of likely N-dealkylation sites (N-methyl/N-ethyl adjacent to an activating group) is 1. The van der Waals surface area contributed by atoms with E-state index in [9.17, 15) is 4.79 Å². The van der Waals surface area contributed by atoms with Crippen LogP contribution in [0.3, 0.4) is 0 Å². The summed E-state index contributed by atoms with van der Waals surface area (Å²) in [6, 6.07) is 4.13. The molecule has 1 aromatic carbocycles. The molecule has 4 nitrogen and oxygen atoms in total. The van der Waals surface area contributed by atoms with E-state index in [4.69, 9.17) is 10.5 Å². The predicted octanol–water partition coefficient (Wildman–Crippen LogP) is 1.80. The van der Waals surface area contributed by atoms with Crippen molar-refractivity contribution in [2.24, 2.45) is 5.73 Å². The molecule has 0 aliphatic heterocycles. The summed E-state index contributed by atoms with van der Waals surface area (Å²) >= 11 is 0. The molecule has 0 saturated carbocycles. The molecule has 2 N–H and O–H groups in total. The van der Waals surface area contributed by atoms with E-state index in [0.29, 0.717) is 6.54 Å². The van der Waals surface area contributed by atoms with E-state index in [2.05, 4.69) is 12.1 Å². The Morgan fingerprint density at radius 2 is 1.84 bits per heavy atom. The fourth-order valence-corrected chi connectivity index (χ4v) is 2.03. The zero-order valence-corrected chi connectivity index (χ0v) is 12.5. The molecule has 4 heteroatoms. The number of carbonyl (C=O) groups is 1. The molecule has 0 aliphatic carbocycles. The van der Waals surface area contributed by atoms with Crippen LogP contribution in [0, 0.1) is 20.8 Å². The Morgan fingerprint density at radius 3 is 2.32 bits per heavy atom. The SMILES string of the molecule is Cc1cc(C)c(OCC(=O)N(C)C(C)CN)c(C)c1. The van der Waals surface area contributed by atoms with Crippen molar-refractivity contribution in [2.75, 3.05) is 20.2 Å². The van der Waals surface area contributed by atoms with Gasteiger partial charge in [0.05, 0.1) is 0 Å². The summed E-state index contributed by atoms with van der Waals surface area (Å²) < 4.78 is 5.67. The third-order valence-electron chi connectivity index (χ3n) is 3.34. The van der Waals surface area contributed by atoms with Gasteiger partial charge in [0.25, 0.3) is 5.91 Å². The minimum Gasteiger partial charge on any atom is -0.483 e. The van der Waals surface area contributed by atoms with Gasteiger partial charge in [-0.25, -0.2) is 0 Å². The number of hydrogen-bond acceptors (Lipinski definition) is 3. The molecule has 0 saturated heterocycles. The van der Waals surface area contributed by atoms with E-state index in [1.54, 1.807) is 11.9 Å². The van der Waals surface area contributed by atoms with Gasteiger partial charge in [-0.1, -0.05) is 17.7 Å². The lowest BCUT2D eigenvalue weighted by Crippen LogP contribution is -2.42. The predicted molar refractivity (Wildman–Crippen MR) is 77.4 cm³/mol. The highest BCUT2D eigenvalue weighted by Gasteiger charge is 2.15. The highest BCUT2D eigenvalue weighted by atomic mass is 16.5. The summed E-state index contributed by atoms with van der Waals surface area (Å²) in [4.78, 5) is 13.6. The highest BCUT2D eigenvalue weighted by Crippen LogP contribution is 2.24. The molecule has 1 atom stereocenters. The van der Waals surface area contributed by atoms with Crippen molar-refractivity contribution >= 4 is 5.91 Å². The highest BCUT2D eigenvalue weighted by molar-refractivity contribution is 5.77. The number of ether oxygens (including phenoxy) is 1. The van der Waals surface area contributed by atoms with Crippen LogP contribution in [0.4, 0.5) is 0 Å². The quantitative estimate of drug-likeness (QED) is 0.882. The minimum absolute atomic E-state index is 0.0244. The van der Waals surface area contributed by atoms with Crippen molar-refractivity contribution in [3.8, 4) is 5.75 Å². The minimum atomic E-state index is -0.0580. The average molecular weight is 264 g/mol. The first-order valence-electron chi connectivity index (χ1n) is 6.53. The van der Waals surface area contributed by atoms with Gasteiger partial charge in [0.15, 0.2) is 6.61 Å². The largest absolute Gasteiger partial charge is 0.483 e. The normalized spacial score (nSPS) is 12.1. The molecule has 19 heavy (non-hydrogen) atoms. The molecule has 0 aliphatic rings. The monoisotopic (exact) mass is 264 g/mol. The van der Waals surface area contributed by atoms with Gasteiger partial charge in [0, 0.05) is 19.6 Å². The first kappa shape index (κ1) is 15.5. The number of carbonyl (C=O) groups excluding carboxylic acids is 1. The summed E-state index contributed by atoms with van der Waals surface area (Å²) in [6.45, 7) is 8.44. The first-order valence-corrected chi connectivity index (χ1v) is 6.53. The molecular weight excluding hydrogens is 240 g/mol. The van der Waals surface area contributed by atoms with Gasteiger partial charge in [-0.15, -0.1) is 0 Å². The van der Waals surface area contributed by atoms with E-state index in [-0.39, 0.29) is 18.6 Å². The molecule has 0 aromatic heterocycles. The van der Waals surface area contributed by atoms with Crippen LogP contribution in [0.15, 0.2) is 12.1 Å². The first-order chi connectivity index (χ1) is 8.86. The molecule has 1 unspecified atom stereocenters. The number of rotatable bonds is 5. The number of hydrogen-bond donors (Lipinski definition) is 1. The second kappa shape index (κ2) is 6.57. The molecule has 1 aromatic rings. The van der Waals surface area contributed by atoms with Crippen LogP contribution in [-0.2, 0) is 4.79 Å². The molecule has 106 valence electrons. The summed E-state index contributed by atoms with van der Waals surface area (Å²) in [5.74, 6) is 0.741. The Bertz CT molecular complexity index is 434. The lowest BCUT2D eigenvalue weighted by atomic mass is 10.1. The summed E-state index contributed by atoms with van der Waals surface area (Å²) in [5, 5.41) is 0. The Morgan fingerprint density at radius 1 is 1.32 bits per heavy atom. The zero-order valence-electron chi connectivity index (χ0n) is 12.5. The van der Waals surface area contributed by atoms with Crippen LogP contribution in [0.2, 0.25) is 0 Å². The topological polar surface area (TPSA) is 55.6 Å². The second-order valence-electron chi connectivity index (χ2n) is 5.11. The Balaban J connectivity index is 2.70. The molecule has 0 bridgehead atoms. The molecule has 0 radical (unpaired) electrons. The van der Waals surface area contributed by atoms with E-state index in [0.717, 1.165) is 16.9 Å².